The molecule has 6 nitrogen and oxygen atoms in total. The Kier molecular flexibility index (Phi) is 4.27. The van der Waals surface area contributed by atoms with E-state index in [0.29, 0.717) is 28.1 Å². The number of nitrogens with two attached hydrogens (primary N) is 1. The highest BCUT2D eigenvalue weighted by Gasteiger charge is 2.28. The summed E-state index contributed by atoms with van der Waals surface area (Å²) in [6, 6.07) is 5.15. The smallest absolute Gasteiger partial charge is 0.261 e. The van der Waals surface area contributed by atoms with E-state index in [2.05, 4.69) is 10.1 Å². The summed E-state index contributed by atoms with van der Waals surface area (Å²) in [5.74, 6) is 1.25. The number of ether oxygens (including phenoxy) is 2. The summed E-state index contributed by atoms with van der Waals surface area (Å²) in [5, 5.41) is 4.45. The zero-order valence-electron chi connectivity index (χ0n) is 11.5. The molecule has 1 heterocycles. The van der Waals surface area contributed by atoms with E-state index in [1.54, 1.807) is 39.3 Å². The summed E-state index contributed by atoms with van der Waals surface area (Å²) in [6.45, 7) is 2.04. The predicted molar refractivity (Wildman–Crippen MR) is 74.7 cm³/mol. The number of hydrogen-bond acceptors (Lipinski definition) is 6. The molecule has 0 bridgehead atoms. The van der Waals surface area contributed by atoms with Crippen LogP contribution in [0.5, 0.6) is 5.75 Å². The Bertz CT molecular complexity index is 598. The topological polar surface area (TPSA) is 83.4 Å². The van der Waals surface area contributed by atoms with Crippen molar-refractivity contribution in [3.05, 3.63) is 29.0 Å². The van der Waals surface area contributed by atoms with Gasteiger partial charge in [-0.1, -0.05) is 16.8 Å². The molecule has 0 radical (unpaired) electrons. The highest BCUT2D eigenvalue weighted by Crippen LogP contribution is 2.32. The molecule has 0 saturated heterocycles. The summed E-state index contributed by atoms with van der Waals surface area (Å²) < 4.78 is 15.5. The number of aromatic nitrogens is 2. The zero-order valence-corrected chi connectivity index (χ0v) is 12.3. The van der Waals surface area contributed by atoms with Crippen molar-refractivity contribution in [2.24, 2.45) is 5.73 Å². The average molecular weight is 298 g/mol. The molecule has 20 heavy (non-hydrogen) atoms. The molecule has 2 N–H and O–H groups in total. The Labute approximate surface area is 121 Å². The normalized spacial score (nSPS) is 14.1. The highest BCUT2D eigenvalue weighted by atomic mass is 35.5. The van der Waals surface area contributed by atoms with Gasteiger partial charge in [0.2, 0.25) is 0 Å². The van der Waals surface area contributed by atoms with Gasteiger partial charge in [0.05, 0.1) is 19.3 Å². The second kappa shape index (κ2) is 5.78. The van der Waals surface area contributed by atoms with Crippen molar-refractivity contribution in [3.63, 3.8) is 0 Å². The first-order valence-corrected chi connectivity index (χ1v) is 6.31. The van der Waals surface area contributed by atoms with Gasteiger partial charge in [-0.25, -0.2) is 0 Å². The van der Waals surface area contributed by atoms with Crippen molar-refractivity contribution in [2.75, 3.05) is 20.8 Å². The second-order valence-electron chi connectivity index (χ2n) is 4.62. The lowest BCUT2D eigenvalue weighted by molar-refractivity contribution is 0.135. The van der Waals surface area contributed by atoms with Crippen LogP contribution in [0.1, 0.15) is 12.7 Å². The van der Waals surface area contributed by atoms with Gasteiger partial charge < -0.3 is 19.7 Å². The Hall–Kier alpha value is -1.63. The van der Waals surface area contributed by atoms with Crippen molar-refractivity contribution in [1.29, 1.82) is 0 Å². The van der Waals surface area contributed by atoms with E-state index in [4.69, 9.17) is 31.3 Å². The maximum atomic E-state index is 6.07. The molecule has 0 fully saturated rings. The maximum Gasteiger partial charge on any atom is 0.261 e. The number of rotatable bonds is 5. The summed E-state index contributed by atoms with van der Waals surface area (Å²) in [7, 11) is 3.12. The molecule has 0 spiro atoms. The van der Waals surface area contributed by atoms with Gasteiger partial charge in [-0.15, -0.1) is 0 Å². The van der Waals surface area contributed by atoms with Crippen molar-refractivity contribution < 1.29 is 14.0 Å². The molecule has 0 aliphatic heterocycles. The van der Waals surface area contributed by atoms with E-state index in [9.17, 15) is 0 Å². The van der Waals surface area contributed by atoms with Crippen LogP contribution >= 0.6 is 11.6 Å². The first-order valence-electron chi connectivity index (χ1n) is 5.94. The van der Waals surface area contributed by atoms with E-state index >= 15 is 0 Å². The van der Waals surface area contributed by atoms with Crippen LogP contribution in [0.3, 0.4) is 0 Å². The van der Waals surface area contributed by atoms with Crippen molar-refractivity contribution in [2.45, 2.75) is 12.5 Å². The molecule has 1 aromatic carbocycles. The molecule has 1 aromatic heterocycles. The number of hydrogen-bond donors (Lipinski definition) is 1. The van der Waals surface area contributed by atoms with E-state index in [1.165, 1.54) is 0 Å². The summed E-state index contributed by atoms with van der Waals surface area (Å²) >= 11 is 5.98. The van der Waals surface area contributed by atoms with Crippen LogP contribution in [0.4, 0.5) is 0 Å². The van der Waals surface area contributed by atoms with Crippen molar-refractivity contribution >= 4 is 11.6 Å². The third kappa shape index (κ3) is 2.92. The monoisotopic (exact) mass is 297 g/mol. The van der Waals surface area contributed by atoms with Crippen LogP contribution in [0.25, 0.3) is 11.5 Å². The second-order valence-corrected chi connectivity index (χ2v) is 5.05. The largest absolute Gasteiger partial charge is 0.496 e. The van der Waals surface area contributed by atoms with E-state index in [0.717, 1.165) is 0 Å². The molecular weight excluding hydrogens is 282 g/mol. The number of benzene rings is 1. The van der Waals surface area contributed by atoms with Gasteiger partial charge in [-0.2, -0.15) is 4.98 Å². The number of halogens is 1. The lowest BCUT2D eigenvalue weighted by Gasteiger charge is -2.18. The lowest BCUT2D eigenvalue weighted by atomic mass is 10.1. The first kappa shape index (κ1) is 14.8. The Balaban J connectivity index is 2.41. The fraction of sp³-hybridized carbons (Fsp3) is 0.385. The molecule has 2 aromatic rings. The van der Waals surface area contributed by atoms with Gasteiger partial charge >= 0.3 is 0 Å². The van der Waals surface area contributed by atoms with Gasteiger partial charge in [-0.3, -0.25) is 0 Å². The zero-order chi connectivity index (χ0) is 14.8. The van der Waals surface area contributed by atoms with Crippen LogP contribution in [0.15, 0.2) is 22.7 Å². The maximum absolute atomic E-state index is 6.07. The van der Waals surface area contributed by atoms with Gasteiger partial charge in [-0.05, 0) is 25.1 Å². The molecule has 2 rings (SSSR count). The fourth-order valence-electron chi connectivity index (χ4n) is 1.78. The van der Waals surface area contributed by atoms with Crippen LogP contribution < -0.4 is 10.5 Å². The van der Waals surface area contributed by atoms with Crippen LogP contribution in [0.2, 0.25) is 5.02 Å². The molecule has 0 amide bonds. The SMILES string of the molecule is COCC(C)(N)c1noc(-c2cc(Cl)ccc2OC)n1. The molecule has 7 heteroatoms. The van der Waals surface area contributed by atoms with E-state index in [1.807, 2.05) is 0 Å². The summed E-state index contributed by atoms with van der Waals surface area (Å²) in [4.78, 5) is 4.30. The standard InChI is InChI=1S/C13H16ClN3O3/c1-13(15,7-18-2)12-16-11(20-17-12)9-6-8(14)4-5-10(9)19-3/h4-6H,7,15H2,1-3H3. The molecule has 0 aliphatic carbocycles. The molecule has 1 unspecified atom stereocenters. The number of nitrogens with zero attached hydrogens (tertiary/aromatic N) is 2. The van der Waals surface area contributed by atoms with Crippen LogP contribution in [0, 0.1) is 0 Å². The van der Waals surface area contributed by atoms with Crippen LogP contribution in [-0.4, -0.2) is 31.0 Å². The minimum absolute atomic E-state index is 0.276. The van der Waals surface area contributed by atoms with Crippen LogP contribution in [-0.2, 0) is 10.3 Å². The molecular formula is C13H16ClN3O3. The van der Waals surface area contributed by atoms with Gasteiger partial charge in [0.1, 0.15) is 11.3 Å². The molecule has 0 saturated carbocycles. The lowest BCUT2D eigenvalue weighted by Crippen LogP contribution is -2.38. The van der Waals surface area contributed by atoms with Gasteiger partial charge in [0.25, 0.3) is 5.89 Å². The third-order valence-electron chi connectivity index (χ3n) is 2.77. The Morgan fingerprint density at radius 2 is 2.15 bits per heavy atom. The highest BCUT2D eigenvalue weighted by molar-refractivity contribution is 6.30. The first-order chi connectivity index (χ1) is 9.47. The van der Waals surface area contributed by atoms with E-state index < -0.39 is 5.54 Å². The minimum atomic E-state index is -0.831. The molecule has 1 atom stereocenters. The third-order valence-corrected chi connectivity index (χ3v) is 3.01. The van der Waals surface area contributed by atoms with E-state index in [-0.39, 0.29) is 6.61 Å². The number of methoxy groups -OCH3 is 2. The van der Waals surface area contributed by atoms with Gasteiger partial charge in [0.15, 0.2) is 5.82 Å². The molecule has 108 valence electrons. The molecule has 0 aliphatic rings. The Morgan fingerprint density at radius 1 is 1.40 bits per heavy atom. The van der Waals surface area contributed by atoms with Crippen molar-refractivity contribution in [3.8, 4) is 17.2 Å². The van der Waals surface area contributed by atoms with Crippen molar-refractivity contribution in [1.82, 2.24) is 10.1 Å². The quantitative estimate of drug-likeness (QED) is 0.911. The predicted octanol–water partition coefficient (Wildman–Crippen LogP) is 2.22. The fourth-order valence-corrected chi connectivity index (χ4v) is 1.95. The summed E-state index contributed by atoms with van der Waals surface area (Å²) in [6.07, 6.45) is 0. The summed E-state index contributed by atoms with van der Waals surface area (Å²) in [5.41, 5.74) is 5.86. The Morgan fingerprint density at radius 3 is 2.80 bits per heavy atom. The minimum Gasteiger partial charge on any atom is -0.496 e. The van der Waals surface area contributed by atoms with Gasteiger partial charge in [0, 0.05) is 12.1 Å². The average Bonchev–Trinajstić information content (AvgIpc) is 2.89.